The molecule has 0 aliphatic carbocycles. The Balaban J connectivity index is 1.76. The second-order valence-corrected chi connectivity index (χ2v) is 6.54. The summed E-state index contributed by atoms with van der Waals surface area (Å²) in [6.07, 6.45) is 1.03. The number of aryl methyl sites for hydroxylation is 1. The molecule has 31 heavy (non-hydrogen) atoms. The molecule has 0 bridgehead atoms. The number of hydrazine groups is 2. The van der Waals surface area contributed by atoms with Crippen molar-refractivity contribution in [1.29, 1.82) is 0 Å². The van der Waals surface area contributed by atoms with Gasteiger partial charge in [-0.3, -0.25) is 41.4 Å². The van der Waals surface area contributed by atoms with Gasteiger partial charge < -0.3 is 0 Å². The highest BCUT2D eigenvalue weighted by atomic mass is 35.5. The van der Waals surface area contributed by atoms with Gasteiger partial charge in [0, 0.05) is 5.56 Å². The lowest BCUT2D eigenvalue weighted by Crippen LogP contribution is -2.32. The van der Waals surface area contributed by atoms with Gasteiger partial charge in [-0.2, -0.15) is 0 Å². The molecule has 11 nitrogen and oxygen atoms in total. The number of anilines is 2. The zero-order chi connectivity index (χ0) is 22.4. The van der Waals surface area contributed by atoms with E-state index in [-0.39, 0.29) is 22.2 Å². The minimum atomic E-state index is -0.758. The molecular formula is C19H16ClN7O4. The Labute approximate surface area is 180 Å². The van der Waals surface area contributed by atoms with E-state index in [2.05, 4.69) is 31.7 Å². The number of carbonyl (C=O) groups is 2. The first-order valence-electron chi connectivity index (χ1n) is 8.80. The third-order valence-corrected chi connectivity index (χ3v) is 4.43. The Kier molecular flexibility index (Phi) is 6.58. The molecule has 0 saturated carbocycles. The van der Waals surface area contributed by atoms with Crippen LogP contribution in [-0.2, 0) is 0 Å². The molecule has 3 aromatic rings. The van der Waals surface area contributed by atoms with Gasteiger partial charge in [0.15, 0.2) is 0 Å². The van der Waals surface area contributed by atoms with Crippen LogP contribution in [0.5, 0.6) is 0 Å². The number of amides is 2. The quantitative estimate of drug-likeness (QED) is 0.322. The van der Waals surface area contributed by atoms with Crippen molar-refractivity contribution in [3.05, 3.63) is 86.7 Å². The van der Waals surface area contributed by atoms with E-state index in [4.69, 9.17) is 11.6 Å². The summed E-state index contributed by atoms with van der Waals surface area (Å²) < 4.78 is 0. The van der Waals surface area contributed by atoms with E-state index >= 15 is 0 Å². The second-order valence-electron chi connectivity index (χ2n) is 6.13. The number of benzene rings is 2. The van der Waals surface area contributed by atoms with Crippen molar-refractivity contribution in [2.24, 2.45) is 0 Å². The Morgan fingerprint density at radius 1 is 0.903 bits per heavy atom. The molecule has 0 fully saturated rings. The Morgan fingerprint density at radius 3 is 1.97 bits per heavy atom. The van der Waals surface area contributed by atoms with Crippen molar-refractivity contribution in [3.8, 4) is 0 Å². The first-order chi connectivity index (χ1) is 14.9. The lowest BCUT2D eigenvalue weighted by molar-refractivity contribution is -0.383. The van der Waals surface area contributed by atoms with Crippen LogP contribution in [0.4, 0.5) is 17.3 Å². The lowest BCUT2D eigenvalue weighted by atomic mass is 10.1. The van der Waals surface area contributed by atoms with Crippen LogP contribution in [0.3, 0.4) is 0 Å². The summed E-state index contributed by atoms with van der Waals surface area (Å²) in [5.41, 5.74) is 10.1. The summed E-state index contributed by atoms with van der Waals surface area (Å²) in [6, 6.07) is 13.1. The van der Waals surface area contributed by atoms with Crippen LogP contribution < -0.4 is 21.7 Å². The Morgan fingerprint density at radius 2 is 1.42 bits per heavy atom. The summed E-state index contributed by atoms with van der Waals surface area (Å²) >= 11 is 5.97. The fourth-order valence-corrected chi connectivity index (χ4v) is 2.80. The van der Waals surface area contributed by atoms with Crippen LogP contribution in [0.15, 0.2) is 54.9 Å². The Bertz CT molecular complexity index is 1080. The predicted octanol–water partition coefficient (Wildman–Crippen LogP) is 2.86. The molecule has 158 valence electrons. The van der Waals surface area contributed by atoms with Gasteiger partial charge >= 0.3 is 5.69 Å². The largest absolute Gasteiger partial charge is 0.356 e. The molecule has 3 rings (SSSR count). The fourth-order valence-electron chi connectivity index (χ4n) is 2.57. The molecule has 12 heteroatoms. The normalized spacial score (nSPS) is 10.1. The predicted molar refractivity (Wildman–Crippen MR) is 113 cm³/mol. The molecule has 0 spiro atoms. The van der Waals surface area contributed by atoms with Gasteiger partial charge in [-0.1, -0.05) is 41.9 Å². The average molecular weight is 442 g/mol. The SMILES string of the molecule is Cc1ccccc1C(=O)NNc1ncnc(NNC(=O)c2ccccc2Cl)c1[N+](=O)[O-]. The fraction of sp³-hybridized carbons (Fsp3) is 0.0526. The number of nitro groups is 1. The second kappa shape index (κ2) is 9.50. The minimum Gasteiger partial charge on any atom is -0.276 e. The topological polar surface area (TPSA) is 151 Å². The summed E-state index contributed by atoms with van der Waals surface area (Å²) in [7, 11) is 0. The smallest absolute Gasteiger partial charge is 0.276 e. The third-order valence-electron chi connectivity index (χ3n) is 4.10. The van der Waals surface area contributed by atoms with Gasteiger partial charge in [0.1, 0.15) is 6.33 Å². The molecule has 0 aliphatic rings. The standard InChI is InChI=1S/C19H16ClN7O4/c1-11-6-2-3-7-12(11)18(28)25-23-16-15(27(30)31)17(22-10-21-16)24-26-19(29)13-8-4-5-9-14(13)20/h2-10H,1H3,(H,25,28)(H,26,29)(H2,21,22,23,24). The highest BCUT2D eigenvalue weighted by Crippen LogP contribution is 2.28. The highest BCUT2D eigenvalue weighted by molar-refractivity contribution is 6.33. The number of aromatic nitrogens is 2. The molecule has 1 heterocycles. The van der Waals surface area contributed by atoms with E-state index in [1.54, 1.807) is 43.3 Å². The van der Waals surface area contributed by atoms with Gasteiger partial charge in [-0.15, -0.1) is 0 Å². The zero-order valence-corrected chi connectivity index (χ0v) is 16.8. The molecule has 0 atom stereocenters. The Hall–Kier alpha value is -4.25. The monoisotopic (exact) mass is 441 g/mol. The summed E-state index contributed by atoms with van der Waals surface area (Å²) in [5, 5.41) is 11.8. The number of nitrogens with zero attached hydrogens (tertiary/aromatic N) is 3. The number of halogens is 1. The number of nitrogens with one attached hydrogen (secondary N) is 4. The number of hydrogen-bond donors (Lipinski definition) is 4. The minimum absolute atomic E-state index is 0.164. The van der Waals surface area contributed by atoms with Gasteiger partial charge in [0.05, 0.1) is 15.5 Å². The van der Waals surface area contributed by atoms with Crippen LogP contribution in [0.2, 0.25) is 5.02 Å². The van der Waals surface area contributed by atoms with Crippen LogP contribution >= 0.6 is 11.6 Å². The van der Waals surface area contributed by atoms with E-state index in [1.807, 2.05) is 0 Å². The summed E-state index contributed by atoms with van der Waals surface area (Å²) in [6.45, 7) is 1.76. The first-order valence-corrected chi connectivity index (χ1v) is 9.18. The molecular weight excluding hydrogens is 426 g/mol. The van der Waals surface area contributed by atoms with Crippen molar-refractivity contribution in [3.63, 3.8) is 0 Å². The van der Waals surface area contributed by atoms with Crippen molar-refractivity contribution in [1.82, 2.24) is 20.8 Å². The van der Waals surface area contributed by atoms with Crippen LogP contribution in [0.25, 0.3) is 0 Å². The van der Waals surface area contributed by atoms with E-state index in [0.29, 0.717) is 5.56 Å². The number of rotatable bonds is 7. The molecule has 1 aromatic heterocycles. The highest BCUT2D eigenvalue weighted by Gasteiger charge is 2.24. The lowest BCUT2D eigenvalue weighted by Gasteiger charge is -2.12. The maximum atomic E-state index is 12.3. The molecule has 2 amide bonds. The molecule has 0 aliphatic heterocycles. The molecule has 2 aromatic carbocycles. The van der Waals surface area contributed by atoms with E-state index < -0.39 is 22.4 Å². The van der Waals surface area contributed by atoms with Crippen LogP contribution in [0.1, 0.15) is 26.3 Å². The van der Waals surface area contributed by atoms with E-state index in [9.17, 15) is 19.7 Å². The van der Waals surface area contributed by atoms with E-state index in [1.165, 1.54) is 12.1 Å². The van der Waals surface area contributed by atoms with Gasteiger partial charge in [0.2, 0.25) is 11.6 Å². The average Bonchev–Trinajstić information content (AvgIpc) is 2.76. The number of hydrogen-bond acceptors (Lipinski definition) is 8. The van der Waals surface area contributed by atoms with Gasteiger partial charge in [-0.25, -0.2) is 9.97 Å². The molecule has 0 unspecified atom stereocenters. The van der Waals surface area contributed by atoms with Gasteiger partial charge in [0.25, 0.3) is 11.8 Å². The maximum Gasteiger partial charge on any atom is 0.356 e. The summed E-state index contributed by atoms with van der Waals surface area (Å²) in [4.78, 5) is 43.0. The van der Waals surface area contributed by atoms with Crippen molar-refractivity contribution in [2.45, 2.75) is 6.92 Å². The summed E-state index contributed by atoms with van der Waals surface area (Å²) in [5.74, 6) is -1.71. The zero-order valence-electron chi connectivity index (χ0n) is 16.0. The van der Waals surface area contributed by atoms with Gasteiger partial charge in [-0.05, 0) is 30.7 Å². The van der Waals surface area contributed by atoms with E-state index in [0.717, 1.165) is 11.9 Å². The van der Waals surface area contributed by atoms with Crippen molar-refractivity contribution >= 4 is 40.7 Å². The molecule has 4 N–H and O–H groups in total. The van der Waals surface area contributed by atoms with Crippen molar-refractivity contribution < 1.29 is 14.5 Å². The van der Waals surface area contributed by atoms with Crippen molar-refractivity contribution in [2.75, 3.05) is 10.9 Å². The maximum absolute atomic E-state index is 12.3. The third kappa shape index (κ3) is 5.03. The molecule has 0 saturated heterocycles. The van der Waals surface area contributed by atoms with Crippen LogP contribution in [-0.4, -0.2) is 26.7 Å². The first kappa shape index (κ1) is 21.5. The van der Waals surface area contributed by atoms with Crippen LogP contribution in [0, 0.1) is 17.0 Å². The molecule has 0 radical (unpaired) electrons. The number of carbonyl (C=O) groups excluding carboxylic acids is 2.